The Morgan fingerprint density at radius 1 is 1.12 bits per heavy atom. The Hall–Kier alpha value is -0.880. The van der Waals surface area contributed by atoms with Crippen LogP contribution < -0.4 is 5.32 Å². The van der Waals surface area contributed by atoms with Crippen molar-refractivity contribution in [2.75, 3.05) is 13.1 Å². The molecule has 1 aliphatic rings. The van der Waals surface area contributed by atoms with Gasteiger partial charge in [-0.1, -0.05) is 26.2 Å². The van der Waals surface area contributed by atoms with Crippen LogP contribution >= 0.6 is 0 Å². The molecule has 0 bridgehead atoms. The number of nitrogens with zero attached hydrogens (tertiary/aromatic N) is 2. The van der Waals surface area contributed by atoms with E-state index in [-0.39, 0.29) is 5.66 Å². The third-order valence-electron chi connectivity index (χ3n) is 2.96. The maximum absolute atomic E-state index is 5.24. The number of hydrogen-bond acceptors (Lipinski definition) is 3. The van der Waals surface area contributed by atoms with Crippen LogP contribution in [0.1, 0.15) is 51.9 Å². The monoisotopic (exact) mass is 221 g/mol. The van der Waals surface area contributed by atoms with Crippen LogP contribution in [0.25, 0.3) is 0 Å². The first-order valence-electron chi connectivity index (χ1n) is 6.41. The molecule has 3 nitrogen and oxygen atoms in total. The van der Waals surface area contributed by atoms with Crippen molar-refractivity contribution in [3.8, 4) is 12.3 Å². The molecular weight excluding hydrogens is 198 g/mol. The summed E-state index contributed by atoms with van der Waals surface area (Å²) in [6, 6.07) is 0. The molecule has 16 heavy (non-hydrogen) atoms. The summed E-state index contributed by atoms with van der Waals surface area (Å²) in [6.45, 7) is 4.35. The Morgan fingerprint density at radius 2 is 1.94 bits per heavy atom. The van der Waals surface area contributed by atoms with E-state index in [0.717, 1.165) is 32.4 Å². The van der Waals surface area contributed by atoms with Crippen LogP contribution in [0.5, 0.6) is 0 Å². The van der Waals surface area contributed by atoms with Gasteiger partial charge in [0.15, 0.2) is 5.66 Å². The summed E-state index contributed by atoms with van der Waals surface area (Å²) in [5.41, 5.74) is -0.108. The van der Waals surface area contributed by atoms with Crippen molar-refractivity contribution in [2.45, 2.75) is 57.5 Å². The first kappa shape index (κ1) is 13.2. The summed E-state index contributed by atoms with van der Waals surface area (Å²) >= 11 is 0. The van der Waals surface area contributed by atoms with Gasteiger partial charge in [-0.3, -0.25) is 0 Å². The molecule has 0 unspecified atom stereocenters. The van der Waals surface area contributed by atoms with E-state index >= 15 is 0 Å². The molecule has 1 N–H and O–H groups in total. The predicted molar refractivity (Wildman–Crippen MR) is 67.3 cm³/mol. The van der Waals surface area contributed by atoms with E-state index in [2.05, 4.69) is 28.4 Å². The van der Waals surface area contributed by atoms with Gasteiger partial charge in [-0.15, -0.1) is 12.3 Å². The Morgan fingerprint density at radius 3 is 2.56 bits per heavy atom. The smallest absolute Gasteiger partial charge is 0.193 e. The molecule has 3 heteroatoms. The first-order chi connectivity index (χ1) is 7.83. The van der Waals surface area contributed by atoms with Crippen molar-refractivity contribution < 1.29 is 0 Å². The van der Waals surface area contributed by atoms with Crippen LogP contribution in [-0.2, 0) is 0 Å². The third-order valence-corrected chi connectivity index (χ3v) is 2.96. The highest BCUT2D eigenvalue weighted by Gasteiger charge is 2.38. The fourth-order valence-electron chi connectivity index (χ4n) is 1.76. The third kappa shape index (κ3) is 5.27. The van der Waals surface area contributed by atoms with Gasteiger partial charge in [-0.25, -0.2) is 0 Å². The van der Waals surface area contributed by atoms with Gasteiger partial charge >= 0.3 is 0 Å². The van der Waals surface area contributed by atoms with Crippen LogP contribution in [0.2, 0.25) is 0 Å². The quantitative estimate of drug-likeness (QED) is 0.446. The minimum atomic E-state index is -0.108. The molecule has 0 atom stereocenters. The van der Waals surface area contributed by atoms with E-state index in [9.17, 15) is 0 Å². The van der Waals surface area contributed by atoms with Crippen molar-refractivity contribution >= 4 is 0 Å². The standard InChI is InChI=1S/C13H23N3/c1-3-5-7-8-11-14-12-10-13(15-16-13)9-6-4-2/h2,14H,3,5-12H2,1H3. The van der Waals surface area contributed by atoms with Crippen molar-refractivity contribution in [3.63, 3.8) is 0 Å². The molecule has 0 fully saturated rings. The van der Waals surface area contributed by atoms with E-state index in [1.807, 2.05) is 0 Å². The molecule has 1 heterocycles. The van der Waals surface area contributed by atoms with Gasteiger partial charge in [0.1, 0.15) is 0 Å². The summed E-state index contributed by atoms with van der Waals surface area (Å²) in [5.74, 6) is 2.65. The first-order valence-corrected chi connectivity index (χ1v) is 6.41. The average molecular weight is 221 g/mol. The Labute approximate surface area is 99.1 Å². The summed E-state index contributed by atoms with van der Waals surface area (Å²) in [4.78, 5) is 0. The topological polar surface area (TPSA) is 36.8 Å². The lowest BCUT2D eigenvalue weighted by molar-refractivity contribution is 0.482. The Bertz CT molecular complexity index is 246. The van der Waals surface area contributed by atoms with Crippen LogP contribution in [-0.4, -0.2) is 18.8 Å². The summed E-state index contributed by atoms with van der Waals surface area (Å²) in [7, 11) is 0. The fourth-order valence-corrected chi connectivity index (χ4v) is 1.76. The van der Waals surface area contributed by atoms with Gasteiger partial charge in [0.05, 0.1) is 0 Å². The Kier molecular flexibility index (Phi) is 6.10. The average Bonchev–Trinajstić information content (AvgIpc) is 3.06. The van der Waals surface area contributed by atoms with E-state index in [4.69, 9.17) is 6.42 Å². The second kappa shape index (κ2) is 7.40. The number of nitrogens with one attached hydrogen (secondary N) is 1. The van der Waals surface area contributed by atoms with E-state index in [1.54, 1.807) is 0 Å². The minimum Gasteiger partial charge on any atom is -0.317 e. The molecule has 0 aromatic rings. The molecule has 0 saturated heterocycles. The number of terminal acetylenes is 1. The SMILES string of the molecule is C#CCCC1(CCNCCCCCC)N=N1. The molecule has 0 aliphatic carbocycles. The zero-order valence-corrected chi connectivity index (χ0v) is 10.3. The van der Waals surface area contributed by atoms with Gasteiger partial charge < -0.3 is 5.32 Å². The molecular formula is C13H23N3. The molecule has 0 aromatic heterocycles. The lowest BCUT2D eigenvalue weighted by Crippen LogP contribution is -2.23. The number of hydrogen-bond donors (Lipinski definition) is 1. The number of rotatable bonds is 10. The van der Waals surface area contributed by atoms with Crippen LogP contribution in [0, 0.1) is 12.3 Å². The van der Waals surface area contributed by atoms with E-state index in [0.29, 0.717) is 0 Å². The molecule has 0 spiro atoms. The van der Waals surface area contributed by atoms with Crippen LogP contribution in [0.4, 0.5) is 0 Å². The molecule has 0 amide bonds. The zero-order chi connectivity index (χ0) is 11.7. The van der Waals surface area contributed by atoms with Crippen molar-refractivity contribution in [3.05, 3.63) is 0 Å². The summed E-state index contributed by atoms with van der Waals surface area (Å²) in [5, 5.41) is 11.7. The molecule has 90 valence electrons. The van der Waals surface area contributed by atoms with Crippen molar-refractivity contribution in [1.82, 2.24) is 5.32 Å². The largest absolute Gasteiger partial charge is 0.317 e. The maximum atomic E-state index is 5.24. The molecule has 0 saturated carbocycles. The zero-order valence-electron chi connectivity index (χ0n) is 10.3. The van der Waals surface area contributed by atoms with E-state index < -0.39 is 0 Å². The van der Waals surface area contributed by atoms with Gasteiger partial charge in [-0.05, 0) is 19.5 Å². The predicted octanol–water partition coefficient (Wildman–Crippen LogP) is 3.12. The Balaban J connectivity index is 1.89. The second-order valence-corrected chi connectivity index (χ2v) is 4.45. The minimum absolute atomic E-state index is 0.108. The van der Waals surface area contributed by atoms with Gasteiger partial charge in [0.2, 0.25) is 0 Å². The van der Waals surface area contributed by atoms with E-state index in [1.165, 1.54) is 25.7 Å². The van der Waals surface area contributed by atoms with Crippen molar-refractivity contribution in [1.29, 1.82) is 0 Å². The lowest BCUT2D eigenvalue weighted by atomic mass is 10.0. The van der Waals surface area contributed by atoms with Crippen LogP contribution in [0.3, 0.4) is 0 Å². The summed E-state index contributed by atoms with van der Waals surface area (Å²) < 4.78 is 0. The number of unbranched alkanes of at least 4 members (excludes halogenated alkanes) is 3. The van der Waals surface area contributed by atoms with Crippen molar-refractivity contribution in [2.24, 2.45) is 10.2 Å². The van der Waals surface area contributed by atoms with Gasteiger partial charge in [0, 0.05) is 19.3 Å². The molecule has 1 aliphatic heterocycles. The maximum Gasteiger partial charge on any atom is 0.193 e. The second-order valence-electron chi connectivity index (χ2n) is 4.45. The van der Waals surface area contributed by atoms with Gasteiger partial charge in [0.25, 0.3) is 0 Å². The highest BCUT2D eigenvalue weighted by atomic mass is 15.4. The molecule has 0 aromatic carbocycles. The lowest BCUT2D eigenvalue weighted by Gasteiger charge is -2.09. The van der Waals surface area contributed by atoms with Gasteiger partial charge in [-0.2, -0.15) is 10.2 Å². The highest BCUT2D eigenvalue weighted by Crippen LogP contribution is 2.35. The van der Waals surface area contributed by atoms with Crippen LogP contribution in [0.15, 0.2) is 10.2 Å². The highest BCUT2D eigenvalue weighted by molar-refractivity contribution is 4.97. The summed E-state index contributed by atoms with van der Waals surface area (Å²) in [6.07, 6.45) is 13.2. The normalized spacial score (nSPS) is 16.0. The fraction of sp³-hybridized carbons (Fsp3) is 0.846. The molecule has 1 rings (SSSR count). The molecule has 0 radical (unpaired) electrons.